The Morgan fingerprint density at radius 2 is 1.88 bits per heavy atom. The third-order valence-electron chi connectivity index (χ3n) is 3.79. The molecule has 1 atom stereocenters. The second kappa shape index (κ2) is 6.11. The number of nitrogens with zero attached hydrogens (tertiary/aromatic N) is 2. The van der Waals surface area contributed by atoms with Crippen LogP contribution in [0.25, 0.3) is 0 Å². The van der Waals surface area contributed by atoms with E-state index in [0.29, 0.717) is 17.0 Å². The minimum absolute atomic E-state index is 0.00264. The van der Waals surface area contributed by atoms with Crippen LogP contribution < -0.4 is 5.32 Å². The third kappa shape index (κ3) is 3.10. The van der Waals surface area contributed by atoms with Crippen LogP contribution in [0.15, 0.2) is 59.8 Å². The summed E-state index contributed by atoms with van der Waals surface area (Å²) < 4.78 is 0. The van der Waals surface area contributed by atoms with Crippen molar-refractivity contribution in [1.82, 2.24) is 0 Å². The number of amides is 1. The Morgan fingerprint density at radius 3 is 2.50 bits per heavy atom. The van der Waals surface area contributed by atoms with Crippen molar-refractivity contribution >= 4 is 23.0 Å². The van der Waals surface area contributed by atoms with Crippen molar-refractivity contribution in [3.8, 4) is 0 Å². The van der Waals surface area contributed by atoms with Crippen molar-refractivity contribution < 1.29 is 14.6 Å². The van der Waals surface area contributed by atoms with Gasteiger partial charge in [-0.3, -0.25) is 14.9 Å². The van der Waals surface area contributed by atoms with Gasteiger partial charge in [0.15, 0.2) is 0 Å². The van der Waals surface area contributed by atoms with Gasteiger partial charge in [-0.05, 0) is 36.8 Å². The average molecular weight is 325 g/mol. The van der Waals surface area contributed by atoms with E-state index in [4.69, 9.17) is 4.84 Å². The number of rotatable bonds is 4. The van der Waals surface area contributed by atoms with Gasteiger partial charge < -0.3 is 10.2 Å². The van der Waals surface area contributed by atoms with Crippen molar-refractivity contribution in [2.75, 3.05) is 5.32 Å². The average Bonchev–Trinajstić information content (AvgIpc) is 3.00. The van der Waals surface area contributed by atoms with E-state index in [2.05, 4.69) is 10.5 Å². The molecule has 0 saturated carbocycles. The maximum Gasteiger partial charge on any atom is 0.271 e. The highest BCUT2D eigenvalue weighted by atomic mass is 16.7. The molecule has 3 rings (SSSR count). The molecule has 1 heterocycles. The van der Waals surface area contributed by atoms with E-state index in [9.17, 15) is 14.9 Å². The van der Waals surface area contributed by atoms with Crippen molar-refractivity contribution in [2.24, 2.45) is 5.16 Å². The summed E-state index contributed by atoms with van der Waals surface area (Å²) in [6.45, 7) is 1.66. The topological polar surface area (TPSA) is 93.8 Å². The molecule has 0 aliphatic carbocycles. The first kappa shape index (κ1) is 15.7. The minimum Gasteiger partial charge on any atom is -0.379 e. The van der Waals surface area contributed by atoms with Gasteiger partial charge in [0.2, 0.25) is 5.60 Å². The Balaban J connectivity index is 1.70. The largest absolute Gasteiger partial charge is 0.379 e. The zero-order chi connectivity index (χ0) is 17.2. The molecule has 0 fully saturated rings. The van der Waals surface area contributed by atoms with Crippen LogP contribution in [0, 0.1) is 10.1 Å². The molecular weight excluding hydrogens is 310 g/mol. The summed E-state index contributed by atoms with van der Waals surface area (Å²) in [4.78, 5) is 28.1. The zero-order valence-electron chi connectivity index (χ0n) is 12.9. The number of nitro benzene ring substituents is 1. The van der Waals surface area contributed by atoms with E-state index in [1.54, 1.807) is 31.2 Å². The van der Waals surface area contributed by atoms with Gasteiger partial charge >= 0.3 is 0 Å². The summed E-state index contributed by atoms with van der Waals surface area (Å²) in [6, 6.07) is 15.1. The molecule has 122 valence electrons. The molecule has 1 unspecified atom stereocenters. The molecular formula is C17H15N3O4. The number of benzene rings is 2. The van der Waals surface area contributed by atoms with Gasteiger partial charge in [0.05, 0.1) is 10.6 Å². The molecule has 2 aromatic carbocycles. The quantitative estimate of drug-likeness (QED) is 0.690. The number of oxime groups is 1. The Labute approximate surface area is 138 Å². The molecule has 1 N–H and O–H groups in total. The SMILES string of the molecule is CC1(C(=O)Nc2ccccc2)CC(c2ccc([N+](=O)[O-])cc2)=NO1. The number of carbonyl (C=O) groups is 1. The number of hydrogen-bond donors (Lipinski definition) is 1. The number of nitro groups is 1. The second-order valence-electron chi connectivity index (χ2n) is 5.66. The maximum atomic E-state index is 12.5. The van der Waals surface area contributed by atoms with E-state index in [0.717, 1.165) is 0 Å². The van der Waals surface area contributed by atoms with Crippen molar-refractivity contribution in [1.29, 1.82) is 0 Å². The molecule has 0 spiro atoms. The Morgan fingerprint density at radius 1 is 1.21 bits per heavy atom. The molecule has 1 amide bonds. The molecule has 0 radical (unpaired) electrons. The van der Waals surface area contributed by atoms with Crippen LogP contribution in [-0.4, -0.2) is 22.1 Å². The lowest BCUT2D eigenvalue weighted by molar-refractivity contribution is -0.384. The fourth-order valence-corrected chi connectivity index (χ4v) is 2.38. The molecule has 7 heteroatoms. The number of para-hydroxylation sites is 1. The van der Waals surface area contributed by atoms with Crippen molar-refractivity contribution in [3.05, 3.63) is 70.3 Å². The Hall–Kier alpha value is -3.22. The van der Waals surface area contributed by atoms with Crippen LogP contribution in [0.4, 0.5) is 11.4 Å². The second-order valence-corrected chi connectivity index (χ2v) is 5.66. The number of carbonyl (C=O) groups excluding carboxylic acids is 1. The molecule has 1 aliphatic heterocycles. The molecule has 0 saturated heterocycles. The predicted molar refractivity (Wildman–Crippen MR) is 88.8 cm³/mol. The van der Waals surface area contributed by atoms with Crippen molar-refractivity contribution in [3.63, 3.8) is 0 Å². The molecule has 2 aromatic rings. The first-order chi connectivity index (χ1) is 11.5. The standard InChI is InChI=1S/C17H15N3O4/c1-17(16(21)18-13-5-3-2-4-6-13)11-15(19-24-17)12-7-9-14(10-8-12)20(22)23/h2-10H,11H2,1H3,(H,18,21). The van der Waals surface area contributed by atoms with E-state index in [-0.39, 0.29) is 18.0 Å². The van der Waals surface area contributed by atoms with Crippen LogP contribution in [0.2, 0.25) is 0 Å². The van der Waals surface area contributed by atoms with Crippen LogP contribution in [-0.2, 0) is 9.63 Å². The van der Waals surface area contributed by atoms with Gasteiger partial charge in [0, 0.05) is 24.2 Å². The number of non-ortho nitro benzene ring substituents is 1. The molecule has 1 aliphatic rings. The lowest BCUT2D eigenvalue weighted by Crippen LogP contribution is -2.40. The highest BCUT2D eigenvalue weighted by molar-refractivity contribution is 6.07. The van der Waals surface area contributed by atoms with E-state index in [1.807, 2.05) is 18.2 Å². The van der Waals surface area contributed by atoms with E-state index in [1.165, 1.54) is 12.1 Å². The van der Waals surface area contributed by atoms with Gasteiger partial charge in [0.25, 0.3) is 11.6 Å². The highest BCUT2D eigenvalue weighted by Crippen LogP contribution is 2.28. The summed E-state index contributed by atoms with van der Waals surface area (Å²) in [5, 5.41) is 17.5. The summed E-state index contributed by atoms with van der Waals surface area (Å²) >= 11 is 0. The number of nitrogens with one attached hydrogen (secondary N) is 1. The lowest BCUT2D eigenvalue weighted by Gasteiger charge is -2.20. The van der Waals surface area contributed by atoms with Gasteiger partial charge in [-0.2, -0.15) is 0 Å². The highest BCUT2D eigenvalue weighted by Gasteiger charge is 2.42. The van der Waals surface area contributed by atoms with Gasteiger partial charge in [-0.15, -0.1) is 0 Å². The van der Waals surface area contributed by atoms with Gasteiger partial charge in [-0.1, -0.05) is 23.4 Å². The van der Waals surface area contributed by atoms with Crippen LogP contribution in [0.3, 0.4) is 0 Å². The van der Waals surface area contributed by atoms with Gasteiger partial charge in [-0.25, -0.2) is 0 Å². The Kier molecular flexibility index (Phi) is 3.99. The number of anilines is 1. The number of hydrogen-bond acceptors (Lipinski definition) is 5. The maximum absolute atomic E-state index is 12.5. The smallest absolute Gasteiger partial charge is 0.271 e. The Bertz CT molecular complexity index is 802. The summed E-state index contributed by atoms with van der Waals surface area (Å²) in [6.07, 6.45) is 0.281. The summed E-state index contributed by atoms with van der Waals surface area (Å²) in [5.41, 5.74) is 0.832. The zero-order valence-corrected chi connectivity index (χ0v) is 12.9. The monoisotopic (exact) mass is 325 g/mol. The van der Waals surface area contributed by atoms with Gasteiger partial charge in [0.1, 0.15) is 0 Å². The van der Waals surface area contributed by atoms with Crippen LogP contribution >= 0.6 is 0 Å². The molecule has 7 nitrogen and oxygen atoms in total. The predicted octanol–water partition coefficient (Wildman–Crippen LogP) is 3.12. The third-order valence-corrected chi connectivity index (χ3v) is 3.79. The van der Waals surface area contributed by atoms with E-state index >= 15 is 0 Å². The van der Waals surface area contributed by atoms with Crippen molar-refractivity contribution in [2.45, 2.75) is 18.9 Å². The first-order valence-corrected chi connectivity index (χ1v) is 7.34. The lowest BCUT2D eigenvalue weighted by atomic mass is 9.95. The fourth-order valence-electron chi connectivity index (χ4n) is 2.38. The summed E-state index contributed by atoms with van der Waals surface area (Å²) in [7, 11) is 0. The first-order valence-electron chi connectivity index (χ1n) is 7.34. The molecule has 0 aromatic heterocycles. The normalized spacial score (nSPS) is 19.3. The summed E-state index contributed by atoms with van der Waals surface area (Å²) in [5.74, 6) is -0.297. The molecule has 0 bridgehead atoms. The molecule has 24 heavy (non-hydrogen) atoms. The van der Waals surface area contributed by atoms with E-state index < -0.39 is 10.5 Å². The van der Waals surface area contributed by atoms with Crippen LogP contribution in [0.1, 0.15) is 18.9 Å². The fraction of sp³-hybridized carbons (Fsp3) is 0.176. The van der Waals surface area contributed by atoms with Crippen LogP contribution in [0.5, 0.6) is 0 Å². The minimum atomic E-state index is -1.12.